The second-order valence-corrected chi connectivity index (χ2v) is 7.77. The van der Waals surface area contributed by atoms with Gasteiger partial charge in [-0.05, 0) is 58.8 Å². The van der Waals surface area contributed by atoms with Crippen LogP contribution in [0.25, 0.3) is 0 Å². The highest BCUT2D eigenvalue weighted by atomic mass is 79.9. The van der Waals surface area contributed by atoms with Gasteiger partial charge in [0.05, 0.1) is 5.69 Å². The van der Waals surface area contributed by atoms with Gasteiger partial charge in [-0.15, -0.1) is 0 Å². The average Bonchev–Trinajstić information content (AvgIpc) is 2.89. The molecular formula is C18H27BrN2. The first-order valence-corrected chi connectivity index (χ1v) is 9.23. The van der Waals surface area contributed by atoms with Gasteiger partial charge in [0.1, 0.15) is 0 Å². The van der Waals surface area contributed by atoms with E-state index in [1.165, 1.54) is 54.4 Å². The highest BCUT2D eigenvalue weighted by molar-refractivity contribution is 9.10. The molecule has 0 amide bonds. The van der Waals surface area contributed by atoms with Gasteiger partial charge in [-0.1, -0.05) is 32.8 Å². The summed E-state index contributed by atoms with van der Waals surface area (Å²) in [5.41, 5.74) is 2.76. The molecular weight excluding hydrogens is 324 g/mol. The summed E-state index contributed by atoms with van der Waals surface area (Å²) in [5, 5.41) is 3.49. The summed E-state index contributed by atoms with van der Waals surface area (Å²) >= 11 is 3.81. The summed E-state index contributed by atoms with van der Waals surface area (Å²) in [6.07, 6.45) is 7.05. The Bertz CT molecular complexity index is 486. The minimum absolute atomic E-state index is 0.532. The van der Waals surface area contributed by atoms with Crippen molar-refractivity contribution in [3.63, 3.8) is 0 Å². The molecule has 1 saturated carbocycles. The molecule has 0 bridgehead atoms. The van der Waals surface area contributed by atoms with E-state index >= 15 is 0 Å². The highest BCUT2D eigenvalue weighted by Crippen LogP contribution is 2.41. The molecule has 1 aromatic carbocycles. The normalized spacial score (nSPS) is 25.4. The summed E-state index contributed by atoms with van der Waals surface area (Å²) in [7, 11) is 0. The molecule has 0 aromatic heterocycles. The second kappa shape index (κ2) is 6.70. The van der Waals surface area contributed by atoms with Crippen molar-refractivity contribution in [2.45, 2.75) is 64.6 Å². The lowest BCUT2D eigenvalue weighted by molar-refractivity contribution is 0.342. The number of anilines is 1. The molecule has 1 aromatic rings. The molecule has 2 aliphatic rings. The van der Waals surface area contributed by atoms with Crippen LogP contribution in [0, 0.1) is 5.92 Å². The molecule has 1 heterocycles. The van der Waals surface area contributed by atoms with Gasteiger partial charge < -0.3 is 10.2 Å². The minimum Gasteiger partial charge on any atom is -0.367 e. The Balaban J connectivity index is 1.73. The average molecular weight is 351 g/mol. The number of nitrogens with one attached hydrogen (secondary N) is 1. The Morgan fingerprint density at radius 3 is 2.81 bits per heavy atom. The van der Waals surface area contributed by atoms with Gasteiger partial charge in [-0.2, -0.15) is 0 Å². The lowest BCUT2D eigenvalue weighted by Gasteiger charge is -2.33. The largest absolute Gasteiger partial charge is 0.367 e. The van der Waals surface area contributed by atoms with Crippen LogP contribution in [0.3, 0.4) is 0 Å². The summed E-state index contributed by atoms with van der Waals surface area (Å²) in [4.78, 5) is 2.66. The molecule has 0 radical (unpaired) electrons. The summed E-state index contributed by atoms with van der Waals surface area (Å²) in [6, 6.07) is 8.21. The smallest absolute Gasteiger partial charge is 0.0513 e. The van der Waals surface area contributed by atoms with Gasteiger partial charge >= 0.3 is 0 Å². The Hall–Kier alpha value is -0.540. The SMILES string of the molecule is CC(C)NCc1ccc(N2CCC3CCCCC32)c(Br)c1. The summed E-state index contributed by atoms with van der Waals surface area (Å²) in [6.45, 7) is 6.56. The monoisotopic (exact) mass is 350 g/mol. The quantitative estimate of drug-likeness (QED) is 0.845. The van der Waals surface area contributed by atoms with Crippen LogP contribution >= 0.6 is 15.9 Å². The molecule has 2 atom stereocenters. The van der Waals surface area contributed by atoms with Crippen molar-refractivity contribution in [2.24, 2.45) is 5.92 Å². The first-order chi connectivity index (χ1) is 10.1. The zero-order valence-corrected chi connectivity index (χ0v) is 14.8. The van der Waals surface area contributed by atoms with E-state index in [2.05, 4.69) is 58.2 Å². The minimum atomic E-state index is 0.532. The molecule has 3 heteroatoms. The fourth-order valence-electron chi connectivity index (χ4n) is 3.92. The molecule has 1 saturated heterocycles. The highest BCUT2D eigenvalue weighted by Gasteiger charge is 2.36. The van der Waals surface area contributed by atoms with E-state index in [9.17, 15) is 0 Å². The first-order valence-electron chi connectivity index (χ1n) is 8.43. The van der Waals surface area contributed by atoms with E-state index in [1.54, 1.807) is 0 Å². The molecule has 116 valence electrons. The number of benzene rings is 1. The van der Waals surface area contributed by atoms with E-state index in [-0.39, 0.29) is 0 Å². The summed E-state index contributed by atoms with van der Waals surface area (Å²) in [5.74, 6) is 0.938. The Morgan fingerprint density at radius 1 is 1.24 bits per heavy atom. The standard InChI is InChI=1S/C18H27BrN2/c1-13(2)20-12-14-7-8-18(16(19)11-14)21-10-9-15-5-3-4-6-17(15)21/h7-8,11,13,15,17,20H,3-6,9-10,12H2,1-2H3. The molecule has 3 rings (SSSR count). The van der Waals surface area contributed by atoms with E-state index < -0.39 is 0 Å². The third-order valence-corrected chi connectivity index (χ3v) is 5.68. The van der Waals surface area contributed by atoms with Crippen LogP contribution in [0.5, 0.6) is 0 Å². The van der Waals surface area contributed by atoms with Crippen molar-refractivity contribution < 1.29 is 0 Å². The van der Waals surface area contributed by atoms with E-state index in [1.807, 2.05) is 0 Å². The molecule has 2 fully saturated rings. The number of rotatable bonds is 4. The van der Waals surface area contributed by atoms with Crippen molar-refractivity contribution in [3.05, 3.63) is 28.2 Å². The van der Waals surface area contributed by atoms with E-state index in [4.69, 9.17) is 0 Å². The number of hydrogen-bond acceptors (Lipinski definition) is 2. The maximum Gasteiger partial charge on any atom is 0.0513 e. The van der Waals surface area contributed by atoms with Gasteiger partial charge in [0, 0.05) is 29.6 Å². The van der Waals surface area contributed by atoms with E-state index in [0.717, 1.165) is 18.5 Å². The zero-order valence-electron chi connectivity index (χ0n) is 13.2. The fraction of sp³-hybridized carbons (Fsp3) is 0.667. The third kappa shape index (κ3) is 3.45. The van der Waals surface area contributed by atoms with Gasteiger partial charge in [0.15, 0.2) is 0 Å². The molecule has 1 N–H and O–H groups in total. The molecule has 2 unspecified atom stereocenters. The number of halogens is 1. The van der Waals surface area contributed by atoms with E-state index in [0.29, 0.717) is 6.04 Å². The van der Waals surface area contributed by atoms with Crippen LogP contribution in [-0.4, -0.2) is 18.6 Å². The van der Waals surface area contributed by atoms with Crippen LogP contribution < -0.4 is 10.2 Å². The Morgan fingerprint density at radius 2 is 2.05 bits per heavy atom. The van der Waals surface area contributed by atoms with Gasteiger partial charge in [-0.25, -0.2) is 0 Å². The molecule has 2 nitrogen and oxygen atoms in total. The van der Waals surface area contributed by atoms with Crippen LogP contribution in [-0.2, 0) is 6.54 Å². The first kappa shape index (κ1) is 15.4. The van der Waals surface area contributed by atoms with Gasteiger partial charge in [0.2, 0.25) is 0 Å². The van der Waals surface area contributed by atoms with Crippen molar-refractivity contribution in [3.8, 4) is 0 Å². The van der Waals surface area contributed by atoms with Crippen LogP contribution in [0.15, 0.2) is 22.7 Å². The summed E-state index contributed by atoms with van der Waals surface area (Å²) < 4.78 is 1.26. The number of nitrogens with zero attached hydrogens (tertiary/aromatic N) is 1. The molecule has 1 aliphatic carbocycles. The van der Waals surface area contributed by atoms with Crippen LogP contribution in [0.2, 0.25) is 0 Å². The fourth-order valence-corrected chi connectivity index (χ4v) is 4.57. The van der Waals surface area contributed by atoms with Crippen LogP contribution in [0.4, 0.5) is 5.69 Å². The van der Waals surface area contributed by atoms with Crippen molar-refractivity contribution in [1.29, 1.82) is 0 Å². The van der Waals surface area contributed by atoms with Crippen molar-refractivity contribution in [1.82, 2.24) is 5.32 Å². The maximum atomic E-state index is 3.81. The lowest BCUT2D eigenvalue weighted by atomic mass is 9.85. The van der Waals surface area contributed by atoms with Gasteiger partial charge in [-0.3, -0.25) is 0 Å². The van der Waals surface area contributed by atoms with Crippen molar-refractivity contribution >= 4 is 21.6 Å². The van der Waals surface area contributed by atoms with Crippen LogP contribution in [0.1, 0.15) is 51.5 Å². The maximum absolute atomic E-state index is 3.81. The number of hydrogen-bond donors (Lipinski definition) is 1. The molecule has 21 heavy (non-hydrogen) atoms. The van der Waals surface area contributed by atoms with Crippen molar-refractivity contribution in [2.75, 3.05) is 11.4 Å². The predicted octanol–water partition coefficient (Wildman–Crippen LogP) is 4.72. The number of fused-ring (bicyclic) bond motifs is 1. The topological polar surface area (TPSA) is 15.3 Å². The lowest BCUT2D eigenvalue weighted by Crippen LogP contribution is -2.34. The zero-order chi connectivity index (χ0) is 14.8. The predicted molar refractivity (Wildman–Crippen MR) is 93.8 cm³/mol. The van der Waals surface area contributed by atoms with Gasteiger partial charge in [0.25, 0.3) is 0 Å². The third-order valence-electron chi connectivity index (χ3n) is 5.05. The molecule has 0 spiro atoms. The molecule has 1 aliphatic heterocycles. The second-order valence-electron chi connectivity index (χ2n) is 6.92. The Labute approximate surface area is 137 Å². The Kier molecular flexibility index (Phi) is 4.90.